The van der Waals surface area contributed by atoms with Gasteiger partial charge >= 0.3 is 0 Å². The molecule has 0 amide bonds. The molecule has 0 radical (unpaired) electrons. The van der Waals surface area contributed by atoms with Crippen molar-refractivity contribution in [3.63, 3.8) is 0 Å². The van der Waals surface area contributed by atoms with Crippen LogP contribution in [0.4, 0.5) is 0 Å². The van der Waals surface area contributed by atoms with E-state index < -0.39 is 9.93 Å². The number of benzene rings is 3. The van der Waals surface area contributed by atoms with Gasteiger partial charge in [-0.2, -0.15) is 0 Å². The molecule has 0 spiro atoms. The van der Waals surface area contributed by atoms with E-state index in [0.29, 0.717) is 0 Å². The maximum absolute atomic E-state index is 13.9. The minimum Gasteiger partial charge on any atom is -0.0875 e. The lowest BCUT2D eigenvalue weighted by Gasteiger charge is -2.12. The molecule has 0 heterocycles. The zero-order valence-electron chi connectivity index (χ0n) is 11.9. The van der Waals surface area contributed by atoms with Crippen LogP contribution in [0.5, 0.6) is 0 Å². The molecule has 0 aliphatic rings. The Morgan fingerprint density at radius 1 is 0.571 bits per heavy atom. The van der Waals surface area contributed by atoms with E-state index in [9.17, 15) is 4.21 Å². The lowest BCUT2D eigenvalue weighted by molar-refractivity contribution is 0.584. The van der Waals surface area contributed by atoms with Gasteiger partial charge in [-0.25, -0.2) is 0 Å². The summed E-state index contributed by atoms with van der Waals surface area (Å²) >= 11 is 0. The van der Waals surface area contributed by atoms with Gasteiger partial charge < -0.3 is 0 Å². The molecular formula is C19H17OS+. The van der Waals surface area contributed by atoms with Crippen LogP contribution in [-0.2, 0) is 14.1 Å². The van der Waals surface area contributed by atoms with Crippen molar-refractivity contribution in [3.05, 3.63) is 90.5 Å². The van der Waals surface area contributed by atoms with Gasteiger partial charge in [0.25, 0.3) is 0 Å². The van der Waals surface area contributed by atoms with Crippen LogP contribution in [0.3, 0.4) is 0 Å². The summed E-state index contributed by atoms with van der Waals surface area (Å²) in [4.78, 5) is 2.55. The molecule has 0 aromatic heterocycles. The summed E-state index contributed by atoms with van der Waals surface area (Å²) in [5.74, 6) is 0. The monoisotopic (exact) mass is 293 g/mol. The summed E-state index contributed by atoms with van der Waals surface area (Å²) in [6.07, 6.45) is 0. The van der Waals surface area contributed by atoms with E-state index in [-0.39, 0.29) is 0 Å². The van der Waals surface area contributed by atoms with Crippen LogP contribution in [0, 0.1) is 6.92 Å². The van der Waals surface area contributed by atoms with Gasteiger partial charge in [-0.1, -0.05) is 58.3 Å². The Bertz CT molecular complexity index is 718. The van der Waals surface area contributed by atoms with Gasteiger partial charge in [0.2, 0.25) is 0 Å². The number of hydrogen-bond acceptors (Lipinski definition) is 1. The van der Waals surface area contributed by atoms with E-state index in [1.54, 1.807) is 0 Å². The van der Waals surface area contributed by atoms with Crippen molar-refractivity contribution in [3.8, 4) is 0 Å². The molecule has 0 fully saturated rings. The third kappa shape index (κ3) is 2.55. The van der Waals surface area contributed by atoms with Crippen LogP contribution in [0.2, 0.25) is 0 Å². The number of aryl methyl sites for hydroxylation is 1. The van der Waals surface area contributed by atoms with Gasteiger partial charge in [0.1, 0.15) is 0 Å². The zero-order valence-corrected chi connectivity index (χ0v) is 12.7. The van der Waals surface area contributed by atoms with Crippen molar-refractivity contribution in [2.45, 2.75) is 21.6 Å². The highest BCUT2D eigenvalue weighted by molar-refractivity contribution is 8.03. The van der Waals surface area contributed by atoms with Crippen molar-refractivity contribution in [2.75, 3.05) is 0 Å². The average molecular weight is 293 g/mol. The second kappa shape index (κ2) is 5.66. The molecule has 0 unspecified atom stereocenters. The number of hydrogen-bond donors (Lipinski definition) is 0. The molecule has 0 N–H and O–H groups in total. The van der Waals surface area contributed by atoms with E-state index in [1.165, 1.54) is 5.56 Å². The first kappa shape index (κ1) is 13.8. The summed E-state index contributed by atoms with van der Waals surface area (Å²) in [6, 6.07) is 27.4. The van der Waals surface area contributed by atoms with Crippen molar-refractivity contribution in [1.29, 1.82) is 0 Å². The van der Waals surface area contributed by atoms with Gasteiger partial charge in [0.15, 0.2) is 24.6 Å². The van der Waals surface area contributed by atoms with Crippen LogP contribution < -0.4 is 0 Å². The lowest BCUT2D eigenvalue weighted by atomic mass is 10.2. The Hall–Kier alpha value is -2.19. The second-order valence-corrected chi connectivity index (χ2v) is 7.52. The maximum atomic E-state index is 13.9. The molecule has 104 valence electrons. The Balaban J connectivity index is 2.26. The standard InChI is InChI=1S/C19H17OS/c1-16-12-14-19(15-13-16)21(20,17-8-4-2-5-9-17)18-10-6-3-7-11-18/h2-15H,1H3/q+1. The van der Waals surface area contributed by atoms with Crippen molar-refractivity contribution < 1.29 is 4.21 Å². The quantitative estimate of drug-likeness (QED) is 0.623. The van der Waals surface area contributed by atoms with Crippen molar-refractivity contribution >= 4 is 9.93 Å². The molecule has 0 bridgehead atoms. The summed E-state index contributed by atoms with van der Waals surface area (Å²) in [7, 11) is -2.44. The van der Waals surface area contributed by atoms with Crippen LogP contribution in [0.1, 0.15) is 5.56 Å². The Morgan fingerprint density at radius 2 is 0.952 bits per heavy atom. The van der Waals surface area contributed by atoms with Gasteiger partial charge in [-0.05, 0) is 43.3 Å². The molecule has 0 atom stereocenters. The van der Waals surface area contributed by atoms with Gasteiger partial charge in [-0.3, -0.25) is 0 Å². The molecule has 3 aromatic carbocycles. The molecule has 0 saturated carbocycles. The topological polar surface area (TPSA) is 17.1 Å². The van der Waals surface area contributed by atoms with E-state index in [0.717, 1.165) is 14.7 Å². The summed E-state index contributed by atoms with van der Waals surface area (Å²) in [6.45, 7) is 2.04. The first-order valence-corrected chi connectivity index (χ1v) is 8.48. The fourth-order valence-electron chi connectivity index (χ4n) is 2.36. The summed E-state index contributed by atoms with van der Waals surface area (Å²) in [5.41, 5.74) is 1.17. The molecular weight excluding hydrogens is 276 g/mol. The lowest BCUT2D eigenvalue weighted by Crippen LogP contribution is -2.12. The molecule has 3 aromatic rings. The highest BCUT2D eigenvalue weighted by Crippen LogP contribution is 2.36. The first-order chi connectivity index (χ1) is 10.2. The molecule has 0 aliphatic carbocycles. The fourth-order valence-corrected chi connectivity index (χ4v) is 4.78. The normalized spacial score (nSPS) is 11.3. The fraction of sp³-hybridized carbons (Fsp3) is 0.0526. The zero-order chi connectivity index (χ0) is 14.7. The first-order valence-electron chi connectivity index (χ1n) is 6.92. The predicted molar refractivity (Wildman–Crippen MR) is 86.9 cm³/mol. The van der Waals surface area contributed by atoms with Crippen molar-refractivity contribution in [2.24, 2.45) is 0 Å². The summed E-state index contributed by atoms with van der Waals surface area (Å²) < 4.78 is 13.9. The number of rotatable bonds is 3. The minimum absolute atomic E-state index is 0.847. The molecule has 2 heteroatoms. The summed E-state index contributed by atoms with van der Waals surface area (Å²) in [5, 5.41) is 0. The Kier molecular flexibility index (Phi) is 3.72. The maximum Gasteiger partial charge on any atom is 0.182 e. The average Bonchev–Trinajstić information content (AvgIpc) is 2.56. The molecule has 3 rings (SSSR count). The SMILES string of the molecule is Cc1ccc([S+](=O)(c2ccccc2)c2ccccc2)cc1. The van der Waals surface area contributed by atoms with Crippen LogP contribution >= 0.6 is 0 Å². The smallest absolute Gasteiger partial charge is 0.0875 e. The van der Waals surface area contributed by atoms with Crippen LogP contribution in [0.25, 0.3) is 0 Å². The third-order valence-corrected chi connectivity index (χ3v) is 6.31. The van der Waals surface area contributed by atoms with E-state index in [2.05, 4.69) is 0 Å². The minimum atomic E-state index is -2.44. The predicted octanol–water partition coefficient (Wildman–Crippen LogP) is 4.97. The Labute approximate surface area is 126 Å². The third-order valence-electron chi connectivity index (χ3n) is 3.50. The van der Waals surface area contributed by atoms with Crippen LogP contribution in [0.15, 0.2) is 99.6 Å². The van der Waals surface area contributed by atoms with E-state index in [4.69, 9.17) is 0 Å². The molecule has 0 aliphatic heterocycles. The van der Waals surface area contributed by atoms with E-state index in [1.807, 2.05) is 91.9 Å². The highest BCUT2D eigenvalue weighted by Gasteiger charge is 2.37. The second-order valence-electron chi connectivity index (χ2n) is 5.00. The largest absolute Gasteiger partial charge is 0.182 e. The van der Waals surface area contributed by atoms with Gasteiger partial charge in [0.05, 0.1) is 0 Å². The molecule has 21 heavy (non-hydrogen) atoms. The molecule has 0 saturated heterocycles. The van der Waals surface area contributed by atoms with Gasteiger partial charge in [-0.15, -0.1) is 0 Å². The highest BCUT2D eigenvalue weighted by atomic mass is 32.2. The molecule has 1 nitrogen and oxygen atoms in total. The van der Waals surface area contributed by atoms with E-state index >= 15 is 0 Å². The van der Waals surface area contributed by atoms with Crippen molar-refractivity contribution in [1.82, 2.24) is 0 Å². The van der Waals surface area contributed by atoms with Crippen LogP contribution in [-0.4, -0.2) is 0 Å². The van der Waals surface area contributed by atoms with Gasteiger partial charge in [0, 0.05) is 0 Å². The Morgan fingerprint density at radius 3 is 1.38 bits per heavy atom.